The van der Waals surface area contributed by atoms with Gasteiger partial charge in [0, 0.05) is 17.7 Å². The number of aryl methyl sites for hydroxylation is 1. The van der Waals surface area contributed by atoms with E-state index in [4.69, 9.17) is 0 Å². The summed E-state index contributed by atoms with van der Waals surface area (Å²) >= 11 is 1.23. The number of hydrogen-bond donors (Lipinski definition) is 1. The molecule has 1 fully saturated rings. The van der Waals surface area contributed by atoms with Crippen LogP contribution in [0.5, 0.6) is 0 Å². The molecule has 1 unspecified atom stereocenters. The summed E-state index contributed by atoms with van der Waals surface area (Å²) in [5.41, 5.74) is 2.26. The predicted molar refractivity (Wildman–Crippen MR) is 111 cm³/mol. The number of nitro groups is 1. The van der Waals surface area contributed by atoms with Gasteiger partial charge in [-0.1, -0.05) is 29.5 Å². The maximum Gasteiger partial charge on any atom is 0.276 e. The molecule has 2 aliphatic heterocycles. The van der Waals surface area contributed by atoms with Crippen LogP contribution in [-0.2, 0) is 9.59 Å². The summed E-state index contributed by atoms with van der Waals surface area (Å²) in [6.07, 6.45) is 0. The summed E-state index contributed by atoms with van der Waals surface area (Å²) in [4.78, 5) is 36.8. The molecule has 10 heteroatoms. The lowest BCUT2D eigenvalue weighted by Gasteiger charge is -2.15. The Morgan fingerprint density at radius 2 is 1.86 bits per heavy atom. The molecule has 0 aromatic heterocycles. The Hall–Kier alpha value is -3.53. The molecule has 2 aromatic carbocycles. The van der Waals surface area contributed by atoms with Crippen LogP contribution in [-0.4, -0.2) is 32.9 Å². The zero-order valence-electron chi connectivity index (χ0n) is 15.4. The number of non-ortho nitro benzene ring substituents is 1. The summed E-state index contributed by atoms with van der Waals surface area (Å²) in [5, 5.41) is 21.8. The first-order valence-corrected chi connectivity index (χ1v) is 9.56. The molecule has 0 radical (unpaired) electrons. The Kier molecular flexibility index (Phi) is 4.63. The second-order valence-electron chi connectivity index (χ2n) is 6.54. The lowest BCUT2D eigenvalue weighted by molar-refractivity contribution is -0.384. The number of nitrogens with one attached hydrogen (secondary N) is 1. The number of amides is 2. The molecule has 1 saturated heterocycles. The van der Waals surface area contributed by atoms with E-state index in [0.717, 1.165) is 5.56 Å². The van der Waals surface area contributed by atoms with Gasteiger partial charge in [0.2, 0.25) is 5.91 Å². The van der Waals surface area contributed by atoms with Gasteiger partial charge in [-0.15, -0.1) is 10.2 Å². The van der Waals surface area contributed by atoms with Crippen molar-refractivity contribution >= 4 is 51.5 Å². The molecule has 2 amide bonds. The molecule has 4 rings (SSSR count). The predicted octanol–water partition coefficient (Wildman–Crippen LogP) is 3.08. The smallest absolute Gasteiger partial charge is 0.276 e. The minimum Gasteiger partial charge on any atom is -0.320 e. The van der Waals surface area contributed by atoms with Crippen molar-refractivity contribution in [1.82, 2.24) is 0 Å². The number of anilines is 2. The zero-order chi connectivity index (χ0) is 20.7. The Morgan fingerprint density at radius 1 is 1.14 bits per heavy atom. The number of nitro benzene ring substituents is 1. The van der Waals surface area contributed by atoms with Crippen molar-refractivity contribution in [2.75, 3.05) is 10.2 Å². The lowest BCUT2D eigenvalue weighted by atomic mass is 10.1. The van der Waals surface area contributed by atoms with E-state index in [2.05, 4.69) is 15.5 Å². The fourth-order valence-electron chi connectivity index (χ4n) is 2.98. The second kappa shape index (κ2) is 7.13. The van der Waals surface area contributed by atoms with Crippen LogP contribution in [0.15, 0.2) is 52.7 Å². The molecule has 1 atom stereocenters. The molecule has 0 saturated carbocycles. The molecule has 2 heterocycles. The van der Waals surface area contributed by atoms with Crippen LogP contribution in [0, 0.1) is 17.0 Å². The molecule has 2 aromatic rings. The monoisotopic (exact) mass is 409 g/mol. The van der Waals surface area contributed by atoms with Crippen molar-refractivity contribution < 1.29 is 14.5 Å². The highest BCUT2D eigenvalue weighted by molar-refractivity contribution is 8.16. The molecule has 0 aliphatic carbocycles. The molecule has 2 aliphatic rings. The van der Waals surface area contributed by atoms with Gasteiger partial charge in [0.25, 0.3) is 11.6 Å². The quantitative estimate of drug-likeness (QED) is 0.617. The number of nitrogens with zero attached hydrogens (tertiary/aromatic N) is 4. The van der Waals surface area contributed by atoms with Gasteiger partial charge in [-0.3, -0.25) is 24.6 Å². The van der Waals surface area contributed by atoms with Crippen molar-refractivity contribution in [1.29, 1.82) is 0 Å². The Morgan fingerprint density at radius 3 is 2.55 bits per heavy atom. The average Bonchev–Trinajstić information content (AvgIpc) is 3.15. The first-order chi connectivity index (χ1) is 13.8. The molecule has 0 spiro atoms. The number of amidine groups is 1. The fraction of sp³-hybridized carbons (Fsp3) is 0.158. The first-order valence-electron chi connectivity index (χ1n) is 8.68. The van der Waals surface area contributed by atoms with E-state index in [-0.39, 0.29) is 22.6 Å². The fourth-order valence-corrected chi connectivity index (χ4v) is 3.89. The van der Waals surface area contributed by atoms with Crippen molar-refractivity contribution in [2.24, 2.45) is 10.2 Å². The van der Waals surface area contributed by atoms with Gasteiger partial charge >= 0.3 is 0 Å². The summed E-state index contributed by atoms with van der Waals surface area (Å²) in [5.74, 6) is -0.640. The van der Waals surface area contributed by atoms with E-state index >= 15 is 0 Å². The van der Waals surface area contributed by atoms with Crippen LogP contribution < -0.4 is 10.2 Å². The normalized spacial score (nSPS) is 21.0. The average molecular weight is 409 g/mol. The van der Waals surface area contributed by atoms with Crippen LogP contribution >= 0.6 is 11.8 Å². The van der Waals surface area contributed by atoms with Crippen molar-refractivity contribution in [3.05, 3.63) is 63.7 Å². The van der Waals surface area contributed by atoms with Crippen LogP contribution in [0.3, 0.4) is 0 Å². The minimum atomic E-state index is -0.543. The van der Waals surface area contributed by atoms with Gasteiger partial charge in [-0.2, -0.15) is 0 Å². The van der Waals surface area contributed by atoms with Crippen LogP contribution in [0.1, 0.15) is 18.1 Å². The van der Waals surface area contributed by atoms with Crippen molar-refractivity contribution in [3.63, 3.8) is 0 Å². The number of hydrogen-bond acceptors (Lipinski definition) is 7. The van der Waals surface area contributed by atoms with Crippen LogP contribution in [0.25, 0.3) is 0 Å². The molecule has 29 heavy (non-hydrogen) atoms. The zero-order valence-corrected chi connectivity index (χ0v) is 16.3. The maximum absolute atomic E-state index is 12.6. The summed E-state index contributed by atoms with van der Waals surface area (Å²) in [6.45, 7) is 3.72. The van der Waals surface area contributed by atoms with E-state index in [9.17, 15) is 19.7 Å². The van der Waals surface area contributed by atoms with Gasteiger partial charge in [0.1, 0.15) is 0 Å². The van der Waals surface area contributed by atoms with Gasteiger partial charge in [-0.05, 0) is 32.0 Å². The number of fused-ring (bicyclic) bond motifs is 1. The first kappa shape index (κ1) is 18.8. The molecule has 9 nitrogen and oxygen atoms in total. The number of benzene rings is 2. The summed E-state index contributed by atoms with van der Waals surface area (Å²) < 4.78 is 0. The largest absolute Gasteiger partial charge is 0.320 e. The molecule has 0 bridgehead atoms. The van der Waals surface area contributed by atoms with Crippen LogP contribution in [0.4, 0.5) is 17.1 Å². The van der Waals surface area contributed by atoms with Crippen molar-refractivity contribution in [2.45, 2.75) is 19.1 Å². The lowest BCUT2D eigenvalue weighted by Crippen LogP contribution is -2.31. The number of thioether (sulfide) groups is 1. The second-order valence-corrected chi connectivity index (χ2v) is 7.85. The number of carbonyl (C=O) groups is 2. The summed E-state index contributed by atoms with van der Waals surface area (Å²) in [6, 6.07) is 11.4. The number of rotatable bonds is 3. The Labute approximate surface area is 169 Å². The van der Waals surface area contributed by atoms with Gasteiger partial charge in [-0.25, -0.2) is 0 Å². The number of carbonyl (C=O) groups excluding carboxylic acids is 2. The van der Waals surface area contributed by atoms with Crippen molar-refractivity contribution in [3.8, 4) is 0 Å². The minimum absolute atomic E-state index is 0.0346. The standard InChI is InChI=1S/C19H15N5O4S/c1-10-3-5-12(6-4-10)23-18(26)11(2)29-19(23)22-21-16-14-9-13(24(27)28)7-8-15(14)20-17(16)25/h3-9,11H,1-2H3,(H,20,21,25)/b22-19+. The third-order valence-electron chi connectivity index (χ3n) is 4.50. The SMILES string of the molecule is Cc1ccc(N2C(=O)C(C)S/C2=N/N=C2C(=O)Nc3ccc([N+](=O)[O-])cc32)cc1. The highest BCUT2D eigenvalue weighted by Crippen LogP contribution is 2.33. The van der Waals surface area contributed by atoms with E-state index < -0.39 is 10.8 Å². The summed E-state index contributed by atoms with van der Waals surface area (Å²) in [7, 11) is 0. The third kappa shape index (κ3) is 3.38. The van der Waals surface area contributed by atoms with Crippen LogP contribution in [0.2, 0.25) is 0 Å². The molecular formula is C19H15N5O4S. The van der Waals surface area contributed by atoms with Gasteiger partial charge < -0.3 is 5.32 Å². The Balaban J connectivity index is 1.74. The third-order valence-corrected chi connectivity index (χ3v) is 5.53. The van der Waals surface area contributed by atoms with Gasteiger partial charge in [0.05, 0.1) is 21.5 Å². The molecular weight excluding hydrogens is 394 g/mol. The highest BCUT2D eigenvalue weighted by Gasteiger charge is 2.37. The van der Waals surface area contributed by atoms with E-state index in [1.807, 2.05) is 31.2 Å². The molecule has 146 valence electrons. The van der Waals surface area contributed by atoms with E-state index in [0.29, 0.717) is 22.1 Å². The highest BCUT2D eigenvalue weighted by atomic mass is 32.2. The maximum atomic E-state index is 12.6. The molecule has 1 N–H and O–H groups in total. The van der Waals surface area contributed by atoms with E-state index in [1.54, 1.807) is 6.92 Å². The Bertz CT molecular complexity index is 1110. The topological polar surface area (TPSA) is 117 Å². The van der Waals surface area contributed by atoms with E-state index in [1.165, 1.54) is 34.9 Å². The van der Waals surface area contributed by atoms with Gasteiger partial charge in [0.15, 0.2) is 10.9 Å².